The Morgan fingerprint density at radius 2 is 2.32 bits per heavy atom. The van der Waals surface area contributed by atoms with Crippen LogP contribution in [0.2, 0.25) is 5.02 Å². The summed E-state index contributed by atoms with van der Waals surface area (Å²) in [5.41, 5.74) is 3.61. The molecule has 4 heterocycles. The fourth-order valence-corrected chi connectivity index (χ4v) is 3.95. The van der Waals surface area contributed by atoms with Crippen LogP contribution in [0.25, 0.3) is 5.65 Å². The number of nitrogens with one attached hydrogen (secondary N) is 2. The lowest BCUT2D eigenvalue weighted by Gasteiger charge is -2.32. The predicted molar refractivity (Wildman–Crippen MR) is 107 cm³/mol. The summed E-state index contributed by atoms with van der Waals surface area (Å²) in [6.07, 6.45) is 7.68. The first-order valence-electron chi connectivity index (χ1n) is 9.30. The highest BCUT2D eigenvalue weighted by Crippen LogP contribution is 2.31. The van der Waals surface area contributed by atoms with Crippen LogP contribution in [0.3, 0.4) is 0 Å². The topological polar surface area (TPSA) is 87.5 Å². The summed E-state index contributed by atoms with van der Waals surface area (Å²) in [7, 11) is 1.50. The van der Waals surface area contributed by atoms with E-state index in [1.807, 2.05) is 28.9 Å². The van der Waals surface area contributed by atoms with Gasteiger partial charge in [-0.1, -0.05) is 11.6 Å². The van der Waals surface area contributed by atoms with Crippen molar-refractivity contribution in [2.75, 3.05) is 32.1 Å². The molecule has 3 aromatic heterocycles. The highest BCUT2D eigenvalue weighted by atomic mass is 35.5. The zero-order chi connectivity index (χ0) is 19.5. The van der Waals surface area contributed by atoms with Gasteiger partial charge < -0.3 is 14.5 Å². The van der Waals surface area contributed by atoms with Gasteiger partial charge in [-0.2, -0.15) is 5.10 Å². The summed E-state index contributed by atoms with van der Waals surface area (Å²) in [5.74, 6) is 0.0988. The quantitative estimate of drug-likeness (QED) is 0.661. The van der Waals surface area contributed by atoms with Crippen LogP contribution in [0.1, 0.15) is 30.1 Å². The van der Waals surface area contributed by atoms with Crippen molar-refractivity contribution < 1.29 is 9.53 Å². The molecule has 1 aliphatic rings. The molecule has 0 spiro atoms. The maximum Gasteiger partial charge on any atom is 0.250 e. The fourth-order valence-electron chi connectivity index (χ4n) is 3.78. The van der Waals surface area contributed by atoms with Gasteiger partial charge in [-0.05, 0) is 31.5 Å². The Kier molecular flexibility index (Phi) is 5.61. The Bertz CT molecular complexity index is 968. The molecule has 1 fully saturated rings. The van der Waals surface area contributed by atoms with Gasteiger partial charge >= 0.3 is 0 Å². The van der Waals surface area contributed by atoms with E-state index in [1.54, 1.807) is 6.20 Å². The van der Waals surface area contributed by atoms with Crippen LogP contribution >= 0.6 is 11.6 Å². The Labute approximate surface area is 167 Å². The molecule has 148 valence electrons. The number of methoxy groups -OCH3 is 1. The number of rotatable bonds is 6. The van der Waals surface area contributed by atoms with E-state index < -0.39 is 0 Å². The summed E-state index contributed by atoms with van der Waals surface area (Å²) in [6, 6.07) is 3.77. The molecule has 0 bridgehead atoms. The lowest BCUT2D eigenvalue weighted by molar-refractivity contribution is -0.119. The van der Waals surface area contributed by atoms with Gasteiger partial charge in [0.1, 0.15) is 12.3 Å². The average molecular weight is 403 g/mol. The van der Waals surface area contributed by atoms with E-state index in [4.69, 9.17) is 16.3 Å². The Morgan fingerprint density at radius 3 is 3.18 bits per heavy atom. The standard InChI is InChI=1S/C19H23ClN6O2/c1-28-12-18(27)23-16-7-21-24-19(16)13-3-2-6-25(8-13)10-15-11-26-9-14(20)4-5-17(26)22-15/h4-5,7,9,11,13H,2-3,6,8,10,12H2,1H3,(H,21,24)(H,23,27)/t13-/m1/s1. The number of anilines is 1. The van der Waals surface area contributed by atoms with Crippen LogP contribution < -0.4 is 5.32 Å². The summed E-state index contributed by atoms with van der Waals surface area (Å²) in [6.45, 7) is 2.70. The van der Waals surface area contributed by atoms with E-state index in [1.165, 1.54) is 7.11 Å². The van der Waals surface area contributed by atoms with Gasteiger partial charge in [0.05, 0.1) is 28.3 Å². The van der Waals surface area contributed by atoms with Gasteiger partial charge in [0.25, 0.3) is 0 Å². The van der Waals surface area contributed by atoms with Gasteiger partial charge in [0.15, 0.2) is 0 Å². The number of H-pyrrole nitrogens is 1. The molecule has 3 aromatic rings. The van der Waals surface area contributed by atoms with Crippen LogP contribution in [-0.2, 0) is 16.1 Å². The number of hydrogen-bond donors (Lipinski definition) is 2. The number of carbonyl (C=O) groups excluding carboxylic acids is 1. The number of fused-ring (bicyclic) bond motifs is 1. The number of nitrogens with zero attached hydrogens (tertiary/aromatic N) is 4. The van der Waals surface area contributed by atoms with Crippen LogP contribution in [-0.4, -0.2) is 57.2 Å². The number of aromatic amines is 1. The first-order chi connectivity index (χ1) is 13.6. The van der Waals surface area contributed by atoms with E-state index in [0.717, 1.165) is 55.2 Å². The molecule has 0 aliphatic carbocycles. The van der Waals surface area contributed by atoms with E-state index >= 15 is 0 Å². The second-order valence-electron chi connectivity index (χ2n) is 7.10. The van der Waals surface area contributed by atoms with Crippen molar-refractivity contribution in [2.24, 2.45) is 0 Å². The highest BCUT2D eigenvalue weighted by molar-refractivity contribution is 6.30. The molecule has 28 heavy (non-hydrogen) atoms. The number of pyridine rings is 1. The normalized spacial score (nSPS) is 17.9. The third-order valence-electron chi connectivity index (χ3n) is 4.98. The molecule has 1 atom stereocenters. The molecule has 1 saturated heterocycles. The number of carbonyl (C=O) groups is 1. The summed E-state index contributed by atoms with van der Waals surface area (Å²) < 4.78 is 6.84. The maximum atomic E-state index is 11.9. The minimum atomic E-state index is -0.179. The SMILES string of the molecule is COCC(=O)Nc1cn[nH]c1[C@@H]1CCCN(Cc2cn3cc(Cl)ccc3n2)C1. The predicted octanol–water partition coefficient (Wildman–Crippen LogP) is 2.68. The molecule has 1 amide bonds. The van der Waals surface area contributed by atoms with Gasteiger partial charge in [-0.15, -0.1) is 0 Å². The van der Waals surface area contributed by atoms with E-state index in [2.05, 4.69) is 25.4 Å². The summed E-state index contributed by atoms with van der Waals surface area (Å²) >= 11 is 6.06. The lowest BCUT2D eigenvalue weighted by Crippen LogP contribution is -2.34. The number of halogens is 1. The first-order valence-corrected chi connectivity index (χ1v) is 9.67. The van der Waals surface area contributed by atoms with E-state index in [0.29, 0.717) is 5.02 Å². The minimum Gasteiger partial charge on any atom is -0.375 e. The largest absolute Gasteiger partial charge is 0.375 e. The Hall–Kier alpha value is -2.42. The molecule has 0 aromatic carbocycles. The zero-order valence-corrected chi connectivity index (χ0v) is 16.4. The van der Waals surface area contributed by atoms with Crippen molar-refractivity contribution in [1.29, 1.82) is 0 Å². The number of amides is 1. The Morgan fingerprint density at radius 1 is 1.43 bits per heavy atom. The molecule has 9 heteroatoms. The molecule has 1 aliphatic heterocycles. The molecule has 8 nitrogen and oxygen atoms in total. The van der Waals surface area contributed by atoms with Crippen LogP contribution in [0.5, 0.6) is 0 Å². The number of imidazole rings is 1. The van der Waals surface area contributed by atoms with Crippen LogP contribution in [0, 0.1) is 0 Å². The van der Waals surface area contributed by atoms with Crippen molar-refractivity contribution in [1.82, 2.24) is 24.5 Å². The molecule has 4 rings (SSSR count). The van der Waals surface area contributed by atoms with Crippen LogP contribution in [0.15, 0.2) is 30.7 Å². The Balaban J connectivity index is 1.44. The molecular formula is C19H23ClN6O2. The van der Waals surface area contributed by atoms with E-state index in [-0.39, 0.29) is 18.4 Å². The molecule has 0 saturated carbocycles. The van der Waals surface area contributed by atoms with Crippen molar-refractivity contribution >= 4 is 28.8 Å². The average Bonchev–Trinajstić information content (AvgIpc) is 3.28. The number of hydrogen-bond acceptors (Lipinski definition) is 5. The minimum absolute atomic E-state index is 0.0271. The second kappa shape index (κ2) is 8.30. The van der Waals surface area contributed by atoms with Gasteiger partial charge in [-0.25, -0.2) is 4.98 Å². The summed E-state index contributed by atoms with van der Waals surface area (Å²) in [5, 5.41) is 10.8. The molecular weight excluding hydrogens is 380 g/mol. The third-order valence-corrected chi connectivity index (χ3v) is 5.21. The maximum absolute atomic E-state index is 11.9. The van der Waals surface area contributed by atoms with Crippen molar-refractivity contribution in [2.45, 2.75) is 25.3 Å². The monoisotopic (exact) mass is 402 g/mol. The lowest BCUT2D eigenvalue weighted by atomic mass is 9.94. The molecule has 0 unspecified atom stereocenters. The van der Waals surface area contributed by atoms with Crippen LogP contribution in [0.4, 0.5) is 5.69 Å². The number of piperidine rings is 1. The second-order valence-corrected chi connectivity index (χ2v) is 7.53. The molecule has 0 radical (unpaired) electrons. The van der Waals surface area contributed by atoms with E-state index in [9.17, 15) is 4.79 Å². The van der Waals surface area contributed by atoms with Gasteiger partial charge in [0.2, 0.25) is 5.91 Å². The number of likely N-dealkylation sites (tertiary alicyclic amines) is 1. The number of ether oxygens (including phenoxy) is 1. The fraction of sp³-hybridized carbons (Fsp3) is 0.421. The number of aromatic nitrogens is 4. The molecule has 2 N–H and O–H groups in total. The van der Waals surface area contributed by atoms with Crippen molar-refractivity contribution in [3.63, 3.8) is 0 Å². The van der Waals surface area contributed by atoms with Gasteiger partial charge in [0, 0.05) is 38.5 Å². The van der Waals surface area contributed by atoms with Crippen molar-refractivity contribution in [3.8, 4) is 0 Å². The highest BCUT2D eigenvalue weighted by Gasteiger charge is 2.25. The summed E-state index contributed by atoms with van der Waals surface area (Å²) in [4.78, 5) is 18.9. The van der Waals surface area contributed by atoms with Crippen molar-refractivity contribution in [3.05, 3.63) is 47.1 Å². The smallest absolute Gasteiger partial charge is 0.250 e. The zero-order valence-electron chi connectivity index (χ0n) is 15.7. The van der Waals surface area contributed by atoms with Gasteiger partial charge in [-0.3, -0.25) is 14.8 Å². The third kappa shape index (κ3) is 4.19. The first kappa shape index (κ1) is 18.9.